The summed E-state index contributed by atoms with van der Waals surface area (Å²) in [6.07, 6.45) is 0. The molecule has 2 N–H and O–H groups in total. The first-order chi connectivity index (χ1) is 8.45. The number of aromatic nitrogens is 1. The van der Waals surface area contributed by atoms with Crippen LogP contribution in [0.25, 0.3) is 0 Å². The maximum atomic E-state index is 11.3. The number of carboxylic acids is 1. The van der Waals surface area contributed by atoms with Crippen molar-refractivity contribution in [1.82, 2.24) is 4.98 Å². The number of anilines is 1. The van der Waals surface area contributed by atoms with Crippen LogP contribution in [0.15, 0.2) is 6.07 Å². The lowest BCUT2D eigenvalue weighted by atomic mass is 10.1. The van der Waals surface area contributed by atoms with E-state index in [1.54, 1.807) is 13.0 Å². The number of pyridine rings is 1. The lowest BCUT2D eigenvalue weighted by molar-refractivity contribution is 0.0696. The summed E-state index contributed by atoms with van der Waals surface area (Å²) >= 11 is 1.83. The van der Waals surface area contributed by atoms with Gasteiger partial charge in [-0.3, -0.25) is 4.98 Å². The molecule has 0 amide bonds. The molecule has 0 fully saturated rings. The summed E-state index contributed by atoms with van der Waals surface area (Å²) in [6, 6.07) is 2.03. The third-order valence-electron chi connectivity index (χ3n) is 2.52. The van der Waals surface area contributed by atoms with Crippen molar-refractivity contribution in [2.75, 3.05) is 16.8 Å². The van der Waals surface area contributed by atoms with E-state index in [9.17, 15) is 9.90 Å². The van der Waals surface area contributed by atoms with Crippen molar-refractivity contribution in [2.24, 2.45) is 0 Å². The fraction of sp³-hybridized carbons (Fsp3) is 0.538. The first-order valence-electron chi connectivity index (χ1n) is 6.01. The van der Waals surface area contributed by atoms with Crippen molar-refractivity contribution in [3.63, 3.8) is 0 Å². The average Bonchev–Trinajstić information content (AvgIpc) is 2.24. The van der Waals surface area contributed by atoms with Gasteiger partial charge in [0, 0.05) is 17.5 Å². The molecule has 0 aromatic carbocycles. The number of thioether (sulfide) groups is 1. The molecule has 0 aliphatic carbocycles. The number of hydrogen-bond donors (Lipinski definition) is 2. The van der Waals surface area contributed by atoms with Gasteiger partial charge in [0.1, 0.15) is 5.56 Å². The van der Waals surface area contributed by atoms with Crippen LogP contribution in [0.2, 0.25) is 0 Å². The van der Waals surface area contributed by atoms with Gasteiger partial charge in [0.2, 0.25) is 0 Å². The van der Waals surface area contributed by atoms with Crippen LogP contribution in [0.3, 0.4) is 0 Å². The lowest BCUT2D eigenvalue weighted by Gasteiger charge is -2.17. The number of aromatic carboxylic acids is 1. The second-order valence-electron chi connectivity index (χ2n) is 4.28. The minimum atomic E-state index is -0.933. The van der Waals surface area contributed by atoms with E-state index in [1.807, 2.05) is 18.7 Å². The summed E-state index contributed by atoms with van der Waals surface area (Å²) in [6.45, 7) is 7.77. The first kappa shape index (κ1) is 14.8. The first-order valence-corrected chi connectivity index (χ1v) is 7.17. The molecular weight excluding hydrogens is 248 g/mol. The zero-order valence-corrected chi connectivity index (χ0v) is 12.1. The molecule has 1 atom stereocenters. The van der Waals surface area contributed by atoms with Crippen molar-refractivity contribution in [1.29, 1.82) is 0 Å². The molecule has 18 heavy (non-hydrogen) atoms. The van der Waals surface area contributed by atoms with Crippen LogP contribution in [-0.2, 0) is 0 Å². The van der Waals surface area contributed by atoms with Crippen molar-refractivity contribution >= 4 is 23.4 Å². The average molecular weight is 268 g/mol. The van der Waals surface area contributed by atoms with E-state index in [-0.39, 0.29) is 11.6 Å². The number of hydrogen-bond acceptors (Lipinski definition) is 4. The highest BCUT2D eigenvalue weighted by Gasteiger charge is 2.16. The lowest BCUT2D eigenvalue weighted by Crippen LogP contribution is -2.21. The van der Waals surface area contributed by atoms with Crippen LogP contribution in [0.4, 0.5) is 5.69 Å². The SMILES string of the molecule is CCSCC(C)Nc1cc(C)nc(C)c1C(=O)O. The normalized spacial score (nSPS) is 12.2. The van der Waals surface area contributed by atoms with Crippen LogP contribution in [0, 0.1) is 13.8 Å². The number of aryl methyl sites for hydroxylation is 2. The fourth-order valence-corrected chi connectivity index (χ4v) is 2.49. The highest BCUT2D eigenvalue weighted by Crippen LogP contribution is 2.21. The summed E-state index contributed by atoms with van der Waals surface area (Å²) < 4.78 is 0. The van der Waals surface area contributed by atoms with Gasteiger partial charge in [0.15, 0.2) is 0 Å². The maximum Gasteiger partial charge on any atom is 0.339 e. The molecule has 0 radical (unpaired) electrons. The molecule has 100 valence electrons. The summed E-state index contributed by atoms with van der Waals surface area (Å²) in [5.41, 5.74) is 2.32. The summed E-state index contributed by atoms with van der Waals surface area (Å²) in [5, 5.41) is 12.5. The second kappa shape index (κ2) is 6.64. The van der Waals surface area contributed by atoms with Crippen LogP contribution in [-0.4, -0.2) is 33.6 Å². The van der Waals surface area contributed by atoms with Crippen LogP contribution in [0.1, 0.15) is 35.6 Å². The molecular formula is C13H20N2O2S. The van der Waals surface area contributed by atoms with Crippen molar-refractivity contribution in [3.05, 3.63) is 23.0 Å². The van der Waals surface area contributed by atoms with Gasteiger partial charge in [0.25, 0.3) is 0 Å². The molecule has 1 aromatic rings. The minimum Gasteiger partial charge on any atom is -0.478 e. The summed E-state index contributed by atoms with van der Waals surface area (Å²) in [5.74, 6) is 1.08. The van der Waals surface area contributed by atoms with Crippen LogP contribution >= 0.6 is 11.8 Å². The smallest absolute Gasteiger partial charge is 0.339 e. The van der Waals surface area contributed by atoms with Crippen molar-refractivity contribution in [2.45, 2.75) is 33.7 Å². The van der Waals surface area contributed by atoms with Crippen molar-refractivity contribution in [3.8, 4) is 0 Å². The fourth-order valence-electron chi connectivity index (χ4n) is 1.81. The third-order valence-corrected chi connectivity index (χ3v) is 3.66. The molecule has 4 nitrogen and oxygen atoms in total. The Morgan fingerprint density at radius 1 is 1.56 bits per heavy atom. The van der Waals surface area contributed by atoms with E-state index in [0.717, 1.165) is 17.2 Å². The van der Waals surface area contributed by atoms with Crippen molar-refractivity contribution < 1.29 is 9.90 Å². The van der Waals surface area contributed by atoms with Gasteiger partial charge in [-0.2, -0.15) is 11.8 Å². The predicted octanol–water partition coefficient (Wildman–Crippen LogP) is 2.95. The van der Waals surface area contributed by atoms with E-state index < -0.39 is 5.97 Å². The molecule has 0 aliphatic rings. The predicted molar refractivity (Wildman–Crippen MR) is 76.8 cm³/mol. The van der Waals surface area contributed by atoms with E-state index in [4.69, 9.17) is 0 Å². The van der Waals surface area contributed by atoms with Gasteiger partial charge in [-0.25, -0.2) is 4.79 Å². The quantitative estimate of drug-likeness (QED) is 0.830. The van der Waals surface area contributed by atoms with Gasteiger partial charge in [-0.05, 0) is 32.6 Å². The second-order valence-corrected chi connectivity index (χ2v) is 5.60. The third kappa shape index (κ3) is 3.91. The molecule has 1 aromatic heterocycles. The van der Waals surface area contributed by atoms with E-state index >= 15 is 0 Å². The van der Waals surface area contributed by atoms with E-state index in [0.29, 0.717) is 11.4 Å². The Bertz CT molecular complexity index is 435. The number of carbonyl (C=O) groups is 1. The molecule has 0 spiro atoms. The Morgan fingerprint density at radius 2 is 2.22 bits per heavy atom. The molecule has 1 heterocycles. The Morgan fingerprint density at radius 3 is 2.78 bits per heavy atom. The van der Waals surface area contributed by atoms with Gasteiger partial charge in [0.05, 0.1) is 11.4 Å². The number of nitrogens with zero attached hydrogens (tertiary/aromatic N) is 1. The van der Waals surface area contributed by atoms with Crippen LogP contribution < -0.4 is 5.32 Å². The molecule has 0 bridgehead atoms. The zero-order chi connectivity index (χ0) is 13.7. The highest BCUT2D eigenvalue weighted by atomic mass is 32.2. The molecule has 1 unspecified atom stereocenters. The molecule has 1 rings (SSSR count). The highest BCUT2D eigenvalue weighted by molar-refractivity contribution is 7.99. The number of carboxylic acid groups (broad SMARTS) is 1. The van der Waals surface area contributed by atoms with Gasteiger partial charge in [-0.15, -0.1) is 0 Å². The van der Waals surface area contributed by atoms with E-state index in [2.05, 4.69) is 24.1 Å². The Labute approximate surface area is 112 Å². The van der Waals surface area contributed by atoms with Gasteiger partial charge >= 0.3 is 5.97 Å². The monoisotopic (exact) mass is 268 g/mol. The number of nitrogens with one attached hydrogen (secondary N) is 1. The Hall–Kier alpha value is -1.23. The zero-order valence-electron chi connectivity index (χ0n) is 11.3. The number of rotatable bonds is 6. The van der Waals surface area contributed by atoms with Crippen LogP contribution in [0.5, 0.6) is 0 Å². The Balaban J connectivity index is 2.96. The van der Waals surface area contributed by atoms with E-state index in [1.165, 1.54) is 0 Å². The Kier molecular flexibility index (Phi) is 5.47. The molecule has 0 saturated heterocycles. The standard InChI is InChI=1S/C13H20N2O2S/c1-5-18-7-9(3)15-11-6-8(2)14-10(4)12(11)13(16)17/h6,9H,5,7H2,1-4H3,(H,14,15)(H,16,17). The largest absolute Gasteiger partial charge is 0.478 e. The summed E-state index contributed by atoms with van der Waals surface area (Å²) in [7, 11) is 0. The molecule has 0 aliphatic heterocycles. The summed E-state index contributed by atoms with van der Waals surface area (Å²) in [4.78, 5) is 15.5. The topological polar surface area (TPSA) is 62.2 Å². The van der Waals surface area contributed by atoms with Gasteiger partial charge in [-0.1, -0.05) is 6.92 Å². The maximum absolute atomic E-state index is 11.3. The van der Waals surface area contributed by atoms with Gasteiger partial charge < -0.3 is 10.4 Å². The molecule has 0 saturated carbocycles. The minimum absolute atomic E-state index is 0.231. The molecule has 5 heteroatoms.